The van der Waals surface area contributed by atoms with Crippen LogP contribution in [0.4, 0.5) is 0 Å². The molecule has 1 aromatic heterocycles. The van der Waals surface area contributed by atoms with Gasteiger partial charge in [0.15, 0.2) is 0 Å². The van der Waals surface area contributed by atoms with Gasteiger partial charge in [0.05, 0.1) is 6.33 Å². The average Bonchev–Trinajstić information content (AvgIpc) is 2.88. The summed E-state index contributed by atoms with van der Waals surface area (Å²) in [6.45, 7) is 4.62. The molecule has 0 saturated carbocycles. The summed E-state index contributed by atoms with van der Waals surface area (Å²) < 4.78 is 2.17. The number of rotatable bonds is 6. The Hall–Kier alpha value is -0.870. The van der Waals surface area contributed by atoms with Crippen molar-refractivity contribution in [3.05, 3.63) is 18.7 Å². The Morgan fingerprint density at radius 1 is 1.35 bits per heavy atom. The zero-order valence-electron chi connectivity index (χ0n) is 10.8. The van der Waals surface area contributed by atoms with Gasteiger partial charge in [-0.05, 0) is 39.4 Å². The lowest BCUT2D eigenvalue weighted by atomic mass is 9.99. The van der Waals surface area contributed by atoms with E-state index in [1.54, 1.807) is 0 Å². The third kappa shape index (κ3) is 3.82. The zero-order chi connectivity index (χ0) is 11.9. The number of nitrogens with zero attached hydrogens (tertiary/aromatic N) is 3. The molecule has 1 aromatic rings. The van der Waals surface area contributed by atoms with Crippen molar-refractivity contribution < 1.29 is 0 Å². The van der Waals surface area contributed by atoms with Crippen molar-refractivity contribution in [2.24, 2.45) is 0 Å². The van der Waals surface area contributed by atoms with Crippen molar-refractivity contribution in [1.29, 1.82) is 0 Å². The van der Waals surface area contributed by atoms with E-state index in [0.29, 0.717) is 0 Å². The van der Waals surface area contributed by atoms with E-state index in [4.69, 9.17) is 0 Å². The summed E-state index contributed by atoms with van der Waals surface area (Å²) in [4.78, 5) is 6.74. The van der Waals surface area contributed by atoms with Crippen LogP contribution in [0.1, 0.15) is 25.7 Å². The molecular weight excluding hydrogens is 212 g/mol. The van der Waals surface area contributed by atoms with Gasteiger partial charge in [0.25, 0.3) is 0 Å². The smallest absolute Gasteiger partial charge is 0.0946 e. The summed E-state index contributed by atoms with van der Waals surface area (Å²) in [6, 6.07) is 0.778. The first-order chi connectivity index (χ1) is 8.40. The Morgan fingerprint density at radius 3 is 3.06 bits per heavy atom. The molecule has 4 heteroatoms. The van der Waals surface area contributed by atoms with Gasteiger partial charge in [-0.3, -0.25) is 4.90 Å². The van der Waals surface area contributed by atoms with Crippen molar-refractivity contribution in [2.75, 3.05) is 26.7 Å². The molecule has 17 heavy (non-hydrogen) atoms. The summed E-state index contributed by atoms with van der Waals surface area (Å²) >= 11 is 0. The van der Waals surface area contributed by atoms with Crippen LogP contribution in [0, 0.1) is 0 Å². The maximum atomic E-state index is 4.09. The fourth-order valence-electron chi connectivity index (χ4n) is 2.66. The molecule has 0 spiro atoms. The Kier molecular flexibility index (Phi) is 5.01. The van der Waals surface area contributed by atoms with Gasteiger partial charge in [0, 0.05) is 31.5 Å². The fourth-order valence-corrected chi connectivity index (χ4v) is 2.66. The molecule has 1 aliphatic heterocycles. The van der Waals surface area contributed by atoms with Crippen LogP contribution in [0.3, 0.4) is 0 Å². The van der Waals surface area contributed by atoms with Gasteiger partial charge in [0.1, 0.15) is 0 Å². The number of aromatic nitrogens is 2. The molecule has 0 aliphatic carbocycles. The van der Waals surface area contributed by atoms with Gasteiger partial charge >= 0.3 is 0 Å². The second-order valence-corrected chi connectivity index (χ2v) is 4.88. The van der Waals surface area contributed by atoms with Crippen LogP contribution < -0.4 is 5.32 Å². The molecule has 1 N–H and O–H groups in total. The van der Waals surface area contributed by atoms with E-state index in [1.165, 1.54) is 32.2 Å². The maximum absolute atomic E-state index is 4.09. The molecule has 1 atom stereocenters. The predicted molar refractivity (Wildman–Crippen MR) is 70.0 cm³/mol. The SMILES string of the molecule is CNCCC1CCCCN1CCn1ccnc1. The van der Waals surface area contributed by atoms with Crippen molar-refractivity contribution in [2.45, 2.75) is 38.3 Å². The number of piperidine rings is 1. The molecule has 0 bridgehead atoms. The first-order valence-corrected chi connectivity index (χ1v) is 6.74. The minimum atomic E-state index is 0.778. The van der Waals surface area contributed by atoms with Crippen LogP contribution in [0.5, 0.6) is 0 Å². The minimum Gasteiger partial charge on any atom is -0.336 e. The van der Waals surface area contributed by atoms with E-state index in [1.807, 2.05) is 25.8 Å². The highest BCUT2D eigenvalue weighted by Crippen LogP contribution is 2.19. The van der Waals surface area contributed by atoms with E-state index >= 15 is 0 Å². The van der Waals surface area contributed by atoms with E-state index in [0.717, 1.165) is 25.7 Å². The van der Waals surface area contributed by atoms with Crippen LogP contribution in [-0.2, 0) is 6.54 Å². The highest BCUT2D eigenvalue weighted by molar-refractivity contribution is 4.79. The average molecular weight is 236 g/mol. The number of nitrogens with one attached hydrogen (secondary N) is 1. The molecule has 1 aliphatic rings. The molecule has 0 aromatic carbocycles. The van der Waals surface area contributed by atoms with Gasteiger partial charge in [-0.25, -0.2) is 4.98 Å². The number of hydrogen-bond donors (Lipinski definition) is 1. The Bertz CT molecular complexity index is 296. The third-order valence-corrected chi connectivity index (χ3v) is 3.68. The quantitative estimate of drug-likeness (QED) is 0.809. The zero-order valence-corrected chi connectivity index (χ0v) is 10.8. The first-order valence-electron chi connectivity index (χ1n) is 6.74. The highest BCUT2D eigenvalue weighted by Gasteiger charge is 2.21. The van der Waals surface area contributed by atoms with E-state index in [2.05, 4.69) is 19.8 Å². The van der Waals surface area contributed by atoms with E-state index in [9.17, 15) is 0 Å². The number of likely N-dealkylation sites (tertiary alicyclic amines) is 1. The van der Waals surface area contributed by atoms with E-state index in [-0.39, 0.29) is 0 Å². The Labute approximate surface area is 104 Å². The molecule has 96 valence electrons. The van der Waals surface area contributed by atoms with Crippen LogP contribution in [0.2, 0.25) is 0 Å². The first kappa shape index (κ1) is 12.6. The molecular formula is C13H24N4. The topological polar surface area (TPSA) is 33.1 Å². The van der Waals surface area contributed by atoms with Crippen molar-refractivity contribution >= 4 is 0 Å². The van der Waals surface area contributed by atoms with Crippen molar-refractivity contribution in [3.8, 4) is 0 Å². The summed E-state index contributed by atoms with van der Waals surface area (Å²) in [7, 11) is 2.04. The molecule has 1 unspecified atom stereocenters. The van der Waals surface area contributed by atoms with Gasteiger partial charge in [0.2, 0.25) is 0 Å². The molecule has 2 rings (SSSR count). The van der Waals surface area contributed by atoms with Crippen molar-refractivity contribution in [1.82, 2.24) is 19.8 Å². The van der Waals surface area contributed by atoms with Gasteiger partial charge in [-0.15, -0.1) is 0 Å². The minimum absolute atomic E-state index is 0.778. The molecule has 4 nitrogen and oxygen atoms in total. The van der Waals surface area contributed by atoms with E-state index < -0.39 is 0 Å². The summed E-state index contributed by atoms with van der Waals surface area (Å²) in [6.07, 6.45) is 11.2. The van der Waals surface area contributed by atoms with Gasteiger partial charge in [-0.2, -0.15) is 0 Å². The maximum Gasteiger partial charge on any atom is 0.0946 e. The largest absolute Gasteiger partial charge is 0.336 e. The highest BCUT2D eigenvalue weighted by atomic mass is 15.2. The van der Waals surface area contributed by atoms with Crippen LogP contribution in [0.25, 0.3) is 0 Å². The lowest BCUT2D eigenvalue weighted by Crippen LogP contribution is -2.42. The van der Waals surface area contributed by atoms with Gasteiger partial charge in [-0.1, -0.05) is 6.42 Å². The number of imidazole rings is 1. The monoisotopic (exact) mass is 236 g/mol. The van der Waals surface area contributed by atoms with Crippen LogP contribution in [-0.4, -0.2) is 47.2 Å². The lowest BCUT2D eigenvalue weighted by Gasteiger charge is -2.35. The summed E-state index contributed by atoms with van der Waals surface area (Å²) in [5.74, 6) is 0. The second kappa shape index (κ2) is 6.77. The molecule has 0 radical (unpaired) electrons. The van der Waals surface area contributed by atoms with Crippen LogP contribution >= 0.6 is 0 Å². The summed E-state index contributed by atoms with van der Waals surface area (Å²) in [5, 5.41) is 3.26. The predicted octanol–water partition coefficient (Wildman–Crippen LogP) is 1.35. The third-order valence-electron chi connectivity index (χ3n) is 3.68. The fraction of sp³-hybridized carbons (Fsp3) is 0.769. The Balaban J connectivity index is 1.79. The summed E-state index contributed by atoms with van der Waals surface area (Å²) in [5.41, 5.74) is 0. The molecule has 1 saturated heterocycles. The standard InChI is InChI=1S/C13H24N4/c1-14-6-5-13-4-2-3-8-17(13)11-10-16-9-7-15-12-16/h7,9,12-14H,2-6,8,10-11H2,1H3. The molecule has 0 amide bonds. The van der Waals surface area contributed by atoms with Gasteiger partial charge < -0.3 is 9.88 Å². The second-order valence-electron chi connectivity index (χ2n) is 4.88. The molecule has 1 fully saturated rings. The molecule has 2 heterocycles. The normalized spacial score (nSPS) is 21.8. The number of hydrogen-bond acceptors (Lipinski definition) is 3. The lowest BCUT2D eigenvalue weighted by molar-refractivity contribution is 0.135. The van der Waals surface area contributed by atoms with Crippen LogP contribution in [0.15, 0.2) is 18.7 Å². The van der Waals surface area contributed by atoms with Crippen molar-refractivity contribution in [3.63, 3.8) is 0 Å². The Morgan fingerprint density at radius 2 is 2.29 bits per heavy atom.